The normalized spacial score (nSPS) is 10.2. The Morgan fingerprint density at radius 3 is 2.67 bits per heavy atom. The second-order valence-electron chi connectivity index (χ2n) is 3.66. The van der Waals surface area contributed by atoms with Crippen LogP contribution in [0, 0.1) is 6.92 Å². The van der Waals surface area contributed by atoms with Crippen molar-refractivity contribution >= 4 is 34.9 Å². The molecule has 0 saturated carbocycles. The molecule has 0 aliphatic carbocycles. The first kappa shape index (κ1) is 12.8. The van der Waals surface area contributed by atoms with Crippen molar-refractivity contribution in [2.24, 2.45) is 0 Å². The van der Waals surface area contributed by atoms with Gasteiger partial charge in [0.15, 0.2) is 0 Å². The predicted molar refractivity (Wildman–Crippen MR) is 71.2 cm³/mol. The first-order chi connectivity index (χ1) is 8.56. The van der Waals surface area contributed by atoms with Crippen LogP contribution >= 0.6 is 23.2 Å². The Kier molecular flexibility index (Phi) is 3.79. The number of nitrogens with one attached hydrogen (secondary N) is 1. The molecule has 0 aliphatic heterocycles. The number of amides is 1. The van der Waals surface area contributed by atoms with Crippen LogP contribution in [0.2, 0.25) is 10.2 Å². The van der Waals surface area contributed by atoms with Crippen LogP contribution in [-0.4, -0.2) is 15.9 Å². The maximum atomic E-state index is 12.0. The largest absolute Gasteiger partial charge is 0.306 e. The molecular formula is C12H9Cl2N3O. The van der Waals surface area contributed by atoms with E-state index in [1.54, 1.807) is 12.1 Å². The molecule has 1 aromatic carbocycles. The van der Waals surface area contributed by atoms with Crippen molar-refractivity contribution < 1.29 is 4.79 Å². The number of aromatic nitrogens is 2. The van der Waals surface area contributed by atoms with Crippen LogP contribution in [0.15, 0.2) is 30.6 Å². The van der Waals surface area contributed by atoms with Gasteiger partial charge in [-0.15, -0.1) is 0 Å². The highest BCUT2D eigenvalue weighted by molar-refractivity contribution is 6.34. The molecule has 4 nitrogen and oxygen atoms in total. The van der Waals surface area contributed by atoms with Crippen LogP contribution in [0.25, 0.3) is 0 Å². The summed E-state index contributed by atoms with van der Waals surface area (Å²) in [5.74, 6) is -0.00796. The standard InChI is InChI=1S/C12H9Cl2N3O/c1-7-2-3-8(9(13)4-7)12(18)17-11-5-10(14)15-6-16-11/h2-6H,1H3,(H,15,16,17,18). The van der Waals surface area contributed by atoms with E-state index >= 15 is 0 Å². The summed E-state index contributed by atoms with van der Waals surface area (Å²) < 4.78 is 0. The summed E-state index contributed by atoms with van der Waals surface area (Å²) in [5.41, 5.74) is 1.37. The molecule has 0 fully saturated rings. The molecule has 0 spiro atoms. The molecular weight excluding hydrogens is 273 g/mol. The number of anilines is 1. The van der Waals surface area contributed by atoms with E-state index in [4.69, 9.17) is 23.2 Å². The minimum atomic E-state index is -0.338. The number of halogens is 2. The minimum absolute atomic E-state index is 0.260. The quantitative estimate of drug-likeness (QED) is 0.859. The van der Waals surface area contributed by atoms with Crippen molar-refractivity contribution in [3.63, 3.8) is 0 Å². The Balaban J connectivity index is 2.22. The smallest absolute Gasteiger partial charge is 0.258 e. The number of benzene rings is 1. The van der Waals surface area contributed by atoms with E-state index in [-0.39, 0.29) is 11.1 Å². The number of carbonyl (C=O) groups excluding carboxylic acids is 1. The molecule has 92 valence electrons. The molecule has 1 heterocycles. The molecule has 0 aliphatic rings. The van der Waals surface area contributed by atoms with Gasteiger partial charge in [-0.05, 0) is 24.6 Å². The Morgan fingerprint density at radius 2 is 2.00 bits per heavy atom. The molecule has 1 N–H and O–H groups in total. The van der Waals surface area contributed by atoms with Crippen LogP contribution in [0.4, 0.5) is 5.82 Å². The van der Waals surface area contributed by atoms with Crippen LogP contribution < -0.4 is 5.32 Å². The SMILES string of the molecule is Cc1ccc(C(=O)Nc2cc(Cl)ncn2)c(Cl)c1. The summed E-state index contributed by atoms with van der Waals surface area (Å²) in [6.45, 7) is 1.90. The van der Waals surface area contributed by atoms with Crippen LogP contribution in [0.1, 0.15) is 15.9 Å². The van der Waals surface area contributed by atoms with Crippen molar-refractivity contribution in [1.29, 1.82) is 0 Å². The summed E-state index contributed by atoms with van der Waals surface area (Å²) in [6.07, 6.45) is 1.27. The fourth-order valence-corrected chi connectivity index (χ4v) is 1.86. The number of aryl methyl sites for hydroxylation is 1. The summed E-state index contributed by atoms with van der Waals surface area (Å²) >= 11 is 11.7. The monoisotopic (exact) mass is 281 g/mol. The lowest BCUT2D eigenvalue weighted by Crippen LogP contribution is -2.13. The third-order valence-corrected chi connectivity index (χ3v) is 2.76. The number of hydrogen-bond donors (Lipinski definition) is 1. The van der Waals surface area contributed by atoms with E-state index in [0.717, 1.165) is 5.56 Å². The van der Waals surface area contributed by atoms with Crippen molar-refractivity contribution in [1.82, 2.24) is 9.97 Å². The Morgan fingerprint density at radius 1 is 1.22 bits per heavy atom. The predicted octanol–water partition coefficient (Wildman–Crippen LogP) is 3.34. The highest BCUT2D eigenvalue weighted by Crippen LogP contribution is 2.19. The van der Waals surface area contributed by atoms with E-state index < -0.39 is 0 Å². The topological polar surface area (TPSA) is 54.9 Å². The first-order valence-corrected chi connectivity index (χ1v) is 5.87. The highest BCUT2D eigenvalue weighted by atomic mass is 35.5. The zero-order valence-electron chi connectivity index (χ0n) is 9.45. The van der Waals surface area contributed by atoms with E-state index in [1.165, 1.54) is 12.4 Å². The average Bonchev–Trinajstić information content (AvgIpc) is 2.28. The molecule has 0 bridgehead atoms. The van der Waals surface area contributed by atoms with Crippen LogP contribution in [-0.2, 0) is 0 Å². The lowest BCUT2D eigenvalue weighted by molar-refractivity contribution is 0.102. The van der Waals surface area contributed by atoms with Gasteiger partial charge in [-0.25, -0.2) is 9.97 Å². The Hall–Kier alpha value is -1.65. The van der Waals surface area contributed by atoms with Crippen molar-refractivity contribution in [3.8, 4) is 0 Å². The number of rotatable bonds is 2. The van der Waals surface area contributed by atoms with Gasteiger partial charge < -0.3 is 5.32 Å². The molecule has 0 saturated heterocycles. The third-order valence-electron chi connectivity index (χ3n) is 2.24. The lowest BCUT2D eigenvalue weighted by atomic mass is 10.1. The fourth-order valence-electron chi connectivity index (χ4n) is 1.39. The van der Waals surface area contributed by atoms with E-state index in [2.05, 4.69) is 15.3 Å². The van der Waals surface area contributed by atoms with E-state index in [0.29, 0.717) is 16.4 Å². The summed E-state index contributed by atoms with van der Waals surface area (Å²) in [5, 5.41) is 3.26. The number of carbonyl (C=O) groups is 1. The summed E-state index contributed by atoms with van der Waals surface area (Å²) in [7, 11) is 0. The third kappa shape index (κ3) is 2.97. The highest BCUT2D eigenvalue weighted by Gasteiger charge is 2.11. The van der Waals surface area contributed by atoms with Crippen LogP contribution in [0.3, 0.4) is 0 Å². The maximum absolute atomic E-state index is 12.0. The van der Waals surface area contributed by atoms with Crippen molar-refractivity contribution in [2.45, 2.75) is 6.92 Å². The molecule has 18 heavy (non-hydrogen) atoms. The minimum Gasteiger partial charge on any atom is -0.306 e. The van der Waals surface area contributed by atoms with Gasteiger partial charge in [0.1, 0.15) is 17.3 Å². The molecule has 1 aromatic heterocycles. The van der Waals surface area contributed by atoms with Crippen molar-refractivity contribution in [2.75, 3.05) is 5.32 Å². The van der Waals surface area contributed by atoms with Gasteiger partial charge in [-0.1, -0.05) is 29.3 Å². The molecule has 2 aromatic rings. The summed E-state index contributed by atoms with van der Waals surface area (Å²) in [4.78, 5) is 19.6. The van der Waals surface area contributed by atoms with Gasteiger partial charge in [-0.2, -0.15) is 0 Å². The van der Waals surface area contributed by atoms with Gasteiger partial charge in [0.25, 0.3) is 5.91 Å². The zero-order valence-corrected chi connectivity index (χ0v) is 11.0. The number of nitrogens with zero attached hydrogens (tertiary/aromatic N) is 2. The average molecular weight is 282 g/mol. The molecule has 0 unspecified atom stereocenters. The molecule has 2 rings (SSSR count). The van der Waals surface area contributed by atoms with E-state index in [9.17, 15) is 4.79 Å². The Labute approximate surface area is 114 Å². The molecule has 0 atom stereocenters. The zero-order chi connectivity index (χ0) is 13.1. The maximum Gasteiger partial charge on any atom is 0.258 e. The van der Waals surface area contributed by atoms with Gasteiger partial charge >= 0.3 is 0 Å². The molecule has 1 amide bonds. The Bertz CT molecular complexity index is 602. The first-order valence-electron chi connectivity index (χ1n) is 5.11. The lowest BCUT2D eigenvalue weighted by Gasteiger charge is -2.06. The second-order valence-corrected chi connectivity index (χ2v) is 4.46. The number of hydrogen-bond acceptors (Lipinski definition) is 3. The van der Waals surface area contributed by atoms with Gasteiger partial charge in [-0.3, -0.25) is 4.79 Å². The van der Waals surface area contributed by atoms with Crippen LogP contribution in [0.5, 0.6) is 0 Å². The van der Waals surface area contributed by atoms with E-state index in [1.807, 2.05) is 13.0 Å². The second kappa shape index (κ2) is 5.33. The van der Waals surface area contributed by atoms with Gasteiger partial charge in [0.05, 0.1) is 10.6 Å². The fraction of sp³-hybridized carbons (Fsp3) is 0.0833. The molecule has 0 radical (unpaired) electrons. The summed E-state index contributed by atoms with van der Waals surface area (Å²) in [6, 6.07) is 6.66. The molecule has 6 heteroatoms. The van der Waals surface area contributed by atoms with Crippen molar-refractivity contribution in [3.05, 3.63) is 51.9 Å². The van der Waals surface area contributed by atoms with Gasteiger partial charge in [0, 0.05) is 6.07 Å². The van der Waals surface area contributed by atoms with Gasteiger partial charge in [0.2, 0.25) is 0 Å².